The van der Waals surface area contributed by atoms with Gasteiger partial charge in [-0.3, -0.25) is 9.59 Å². The van der Waals surface area contributed by atoms with E-state index in [9.17, 15) is 18.4 Å². The molecule has 0 spiro atoms. The SMILES string of the molecule is O=C(CC(=O)C(F)F)c1nc2ccc(Cl)cc2s1. The third-order valence-electron chi connectivity index (χ3n) is 2.17. The summed E-state index contributed by atoms with van der Waals surface area (Å²) in [5.74, 6) is -2.09. The number of benzene rings is 1. The molecule has 0 unspecified atom stereocenters. The molecule has 2 aromatic rings. The molecule has 1 aromatic heterocycles. The zero-order valence-electron chi connectivity index (χ0n) is 8.82. The van der Waals surface area contributed by atoms with E-state index in [1.54, 1.807) is 18.2 Å². The number of hydrogen-bond donors (Lipinski definition) is 0. The van der Waals surface area contributed by atoms with Crippen molar-refractivity contribution in [2.24, 2.45) is 0 Å². The van der Waals surface area contributed by atoms with Crippen molar-refractivity contribution in [1.82, 2.24) is 4.98 Å². The number of carbonyl (C=O) groups excluding carboxylic acids is 2. The first kappa shape index (κ1) is 13.0. The first-order valence-corrected chi connectivity index (χ1v) is 6.07. The Kier molecular flexibility index (Phi) is 3.68. The van der Waals surface area contributed by atoms with Gasteiger partial charge in [-0.15, -0.1) is 11.3 Å². The summed E-state index contributed by atoms with van der Waals surface area (Å²) in [6.45, 7) is 0. The van der Waals surface area contributed by atoms with Gasteiger partial charge in [0.2, 0.25) is 5.78 Å². The molecule has 0 bridgehead atoms. The van der Waals surface area contributed by atoms with E-state index in [1.807, 2.05) is 0 Å². The number of Topliss-reactive ketones (excluding diaryl/α,β-unsaturated/α-hetero) is 2. The summed E-state index contributed by atoms with van der Waals surface area (Å²) >= 11 is 6.81. The van der Waals surface area contributed by atoms with Crippen LogP contribution < -0.4 is 0 Å². The number of carbonyl (C=O) groups is 2. The monoisotopic (exact) mass is 289 g/mol. The molecule has 0 N–H and O–H groups in total. The lowest BCUT2D eigenvalue weighted by molar-refractivity contribution is -0.128. The predicted octanol–water partition coefficient (Wildman–Crippen LogP) is 3.36. The minimum Gasteiger partial charge on any atom is -0.293 e. The van der Waals surface area contributed by atoms with Crippen LogP contribution in [0.2, 0.25) is 5.02 Å². The van der Waals surface area contributed by atoms with Crippen molar-refractivity contribution in [2.75, 3.05) is 0 Å². The lowest BCUT2D eigenvalue weighted by Crippen LogP contribution is -2.15. The standard InChI is InChI=1S/C11H6ClF2NO2S/c12-5-1-2-6-9(3-5)18-11(15-6)8(17)4-7(16)10(13)14/h1-3,10H,4H2. The van der Waals surface area contributed by atoms with E-state index in [-0.39, 0.29) is 5.01 Å². The molecule has 0 aliphatic rings. The van der Waals surface area contributed by atoms with E-state index in [0.29, 0.717) is 15.2 Å². The number of aromatic nitrogens is 1. The van der Waals surface area contributed by atoms with Gasteiger partial charge in [0, 0.05) is 5.02 Å². The summed E-state index contributed by atoms with van der Waals surface area (Å²) < 4.78 is 24.7. The number of ketones is 2. The average Bonchev–Trinajstić information content (AvgIpc) is 2.71. The third-order valence-corrected chi connectivity index (χ3v) is 3.46. The predicted molar refractivity (Wildman–Crippen MR) is 64.6 cm³/mol. The quantitative estimate of drug-likeness (QED) is 0.640. The van der Waals surface area contributed by atoms with Gasteiger partial charge in [-0.05, 0) is 18.2 Å². The third kappa shape index (κ3) is 2.70. The van der Waals surface area contributed by atoms with Crippen LogP contribution in [0, 0.1) is 0 Å². The fourth-order valence-electron chi connectivity index (χ4n) is 1.33. The molecule has 0 fully saturated rings. The fraction of sp³-hybridized carbons (Fsp3) is 0.182. The van der Waals surface area contributed by atoms with Crippen LogP contribution >= 0.6 is 22.9 Å². The molecular weight excluding hydrogens is 284 g/mol. The highest BCUT2D eigenvalue weighted by atomic mass is 35.5. The second kappa shape index (κ2) is 5.07. The van der Waals surface area contributed by atoms with Crippen molar-refractivity contribution in [1.29, 1.82) is 0 Å². The number of thiazole rings is 1. The van der Waals surface area contributed by atoms with Crippen LogP contribution in [-0.2, 0) is 4.79 Å². The Morgan fingerprint density at radius 2 is 2.11 bits per heavy atom. The minimum absolute atomic E-state index is 0.0428. The van der Waals surface area contributed by atoms with Gasteiger partial charge in [0.25, 0.3) is 6.43 Å². The van der Waals surface area contributed by atoms with Gasteiger partial charge in [-0.25, -0.2) is 13.8 Å². The summed E-state index contributed by atoms with van der Waals surface area (Å²) in [7, 11) is 0. The molecule has 0 atom stereocenters. The van der Waals surface area contributed by atoms with Crippen LogP contribution in [0.3, 0.4) is 0 Å². The highest BCUT2D eigenvalue weighted by molar-refractivity contribution is 7.20. The molecule has 7 heteroatoms. The highest BCUT2D eigenvalue weighted by Gasteiger charge is 2.22. The summed E-state index contributed by atoms with van der Waals surface area (Å²) in [5.41, 5.74) is 0.553. The smallest absolute Gasteiger partial charge is 0.293 e. The average molecular weight is 290 g/mol. The molecule has 0 saturated heterocycles. The maximum atomic E-state index is 12.0. The topological polar surface area (TPSA) is 47.0 Å². The molecule has 0 radical (unpaired) electrons. The van der Waals surface area contributed by atoms with Gasteiger partial charge in [-0.1, -0.05) is 11.6 Å². The van der Waals surface area contributed by atoms with Gasteiger partial charge in [0.1, 0.15) is 0 Å². The zero-order chi connectivity index (χ0) is 13.3. The second-order valence-corrected chi connectivity index (χ2v) is 4.97. The Morgan fingerprint density at radius 1 is 1.39 bits per heavy atom. The minimum atomic E-state index is -3.13. The molecule has 0 aliphatic carbocycles. The zero-order valence-corrected chi connectivity index (χ0v) is 10.4. The molecule has 2 rings (SSSR count). The molecule has 1 aromatic carbocycles. The normalized spacial score (nSPS) is 11.1. The van der Waals surface area contributed by atoms with E-state index in [1.165, 1.54) is 0 Å². The summed E-state index contributed by atoms with van der Waals surface area (Å²) in [4.78, 5) is 26.3. The Hall–Kier alpha value is -1.40. The maximum Gasteiger partial charge on any atom is 0.296 e. The van der Waals surface area contributed by atoms with Crippen LogP contribution in [0.1, 0.15) is 16.2 Å². The van der Waals surface area contributed by atoms with E-state index < -0.39 is 24.4 Å². The Morgan fingerprint density at radius 3 is 2.78 bits per heavy atom. The van der Waals surface area contributed by atoms with Gasteiger partial charge in [0.15, 0.2) is 10.8 Å². The summed E-state index contributed by atoms with van der Waals surface area (Å²) in [6, 6.07) is 4.86. The molecular formula is C11H6ClF2NO2S. The first-order chi connectivity index (χ1) is 8.47. The van der Waals surface area contributed by atoms with E-state index in [0.717, 1.165) is 11.3 Å². The molecule has 0 aliphatic heterocycles. The lowest BCUT2D eigenvalue weighted by atomic mass is 10.2. The number of fused-ring (bicyclic) bond motifs is 1. The van der Waals surface area contributed by atoms with Crippen LogP contribution in [0.5, 0.6) is 0 Å². The molecule has 94 valence electrons. The second-order valence-electron chi connectivity index (χ2n) is 3.50. The van der Waals surface area contributed by atoms with Crippen molar-refractivity contribution in [3.8, 4) is 0 Å². The van der Waals surface area contributed by atoms with Crippen LogP contribution in [-0.4, -0.2) is 23.0 Å². The van der Waals surface area contributed by atoms with Crippen molar-refractivity contribution in [3.63, 3.8) is 0 Å². The van der Waals surface area contributed by atoms with E-state index in [4.69, 9.17) is 11.6 Å². The van der Waals surface area contributed by atoms with Gasteiger partial charge in [-0.2, -0.15) is 0 Å². The fourth-order valence-corrected chi connectivity index (χ4v) is 2.51. The van der Waals surface area contributed by atoms with Crippen LogP contribution in [0.4, 0.5) is 8.78 Å². The van der Waals surface area contributed by atoms with Crippen molar-refractivity contribution >= 4 is 44.7 Å². The molecule has 3 nitrogen and oxygen atoms in total. The number of alkyl halides is 2. The number of halogens is 3. The van der Waals surface area contributed by atoms with Gasteiger partial charge >= 0.3 is 0 Å². The molecule has 1 heterocycles. The van der Waals surface area contributed by atoms with Crippen LogP contribution in [0.15, 0.2) is 18.2 Å². The molecule has 0 saturated carbocycles. The number of nitrogens with zero attached hydrogens (tertiary/aromatic N) is 1. The number of rotatable bonds is 4. The van der Waals surface area contributed by atoms with Crippen molar-refractivity contribution in [3.05, 3.63) is 28.2 Å². The molecule has 18 heavy (non-hydrogen) atoms. The Balaban J connectivity index is 2.26. The first-order valence-electron chi connectivity index (χ1n) is 4.87. The Bertz CT molecular complexity index is 627. The summed E-state index contributed by atoms with van der Waals surface area (Å²) in [6.07, 6.45) is -3.96. The van der Waals surface area contributed by atoms with Crippen molar-refractivity contribution in [2.45, 2.75) is 12.8 Å². The summed E-state index contributed by atoms with van der Waals surface area (Å²) in [5, 5.41) is 0.537. The maximum absolute atomic E-state index is 12.0. The lowest BCUT2D eigenvalue weighted by Gasteiger charge is -1.95. The van der Waals surface area contributed by atoms with E-state index >= 15 is 0 Å². The largest absolute Gasteiger partial charge is 0.296 e. The van der Waals surface area contributed by atoms with E-state index in [2.05, 4.69) is 4.98 Å². The number of hydrogen-bond acceptors (Lipinski definition) is 4. The molecule has 0 amide bonds. The van der Waals surface area contributed by atoms with Crippen LogP contribution in [0.25, 0.3) is 10.2 Å². The Labute approximate surface area is 109 Å². The van der Waals surface area contributed by atoms with Gasteiger partial charge in [0.05, 0.1) is 16.6 Å². The highest BCUT2D eigenvalue weighted by Crippen LogP contribution is 2.26. The van der Waals surface area contributed by atoms with Gasteiger partial charge < -0.3 is 0 Å². The van der Waals surface area contributed by atoms with Crippen molar-refractivity contribution < 1.29 is 18.4 Å².